The molecule has 1 fully saturated rings. The fourth-order valence-corrected chi connectivity index (χ4v) is 4.28. The van der Waals surface area contributed by atoms with Gasteiger partial charge in [0.25, 0.3) is 0 Å². The number of aliphatic carboxylic acids is 1. The van der Waals surface area contributed by atoms with E-state index in [1.807, 2.05) is 29.7 Å². The molecule has 0 aromatic carbocycles. The normalized spacial score (nSPS) is 27.5. The summed E-state index contributed by atoms with van der Waals surface area (Å²) in [7, 11) is 0. The smallest absolute Gasteiger partial charge is 0.307 e. The van der Waals surface area contributed by atoms with Crippen LogP contribution in [0.4, 0.5) is 0 Å². The minimum Gasteiger partial charge on any atom is -0.481 e. The third-order valence-corrected chi connectivity index (χ3v) is 5.54. The first-order chi connectivity index (χ1) is 11.6. The van der Waals surface area contributed by atoms with Gasteiger partial charge in [-0.25, -0.2) is 0 Å². The molecule has 8 heteroatoms. The zero-order valence-corrected chi connectivity index (χ0v) is 13.4. The Morgan fingerprint density at radius 2 is 2.12 bits per heavy atom. The predicted molar refractivity (Wildman–Crippen MR) is 84.8 cm³/mol. The summed E-state index contributed by atoms with van der Waals surface area (Å²) in [4.78, 5) is 29.1. The number of rotatable bonds is 5. The number of fused-ring (bicyclic) bond motifs is 2. The van der Waals surface area contributed by atoms with Crippen molar-refractivity contribution in [2.75, 3.05) is 0 Å². The van der Waals surface area contributed by atoms with Gasteiger partial charge in [0.1, 0.15) is 0 Å². The minimum atomic E-state index is -0.912. The van der Waals surface area contributed by atoms with E-state index in [0.29, 0.717) is 11.7 Å². The van der Waals surface area contributed by atoms with Crippen molar-refractivity contribution in [2.45, 2.75) is 13.0 Å². The number of carbonyl (C=O) groups is 2. The summed E-state index contributed by atoms with van der Waals surface area (Å²) in [5.74, 6) is -1.61. The van der Waals surface area contributed by atoms with E-state index in [1.165, 1.54) is 11.3 Å². The summed E-state index contributed by atoms with van der Waals surface area (Å²) in [6, 6.07) is 3.78. The molecule has 24 heavy (non-hydrogen) atoms. The molecule has 2 aromatic rings. The number of thiophene rings is 1. The third kappa shape index (κ3) is 2.52. The van der Waals surface area contributed by atoms with Crippen LogP contribution in [0.1, 0.15) is 12.3 Å². The van der Waals surface area contributed by atoms with Crippen LogP contribution in [0.3, 0.4) is 0 Å². The molecule has 0 saturated heterocycles. The molecular formula is C16H15N3O4S. The maximum atomic E-state index is 12.5. The zero-order chi connectivity index (χ0) is 16.7. The van der Waals surface area contributed by atoms with Gasteiger partial charge in [0, 0.05) is 0 Å². The van der Waals surface area contributed by atoms with Gasteiger partial charge in [0.05, 0.1) is 23.3 Å². The van der Waals surface area contributed by atoms with Gasteiger partial charge >= 0.3 is 5.97 Å². The van der Waals surface area contributed by atoms with Crippen LogP contribution in [0, 0.1) is 23.7 Å². The van der Waals surface area contributed by atoms with Crippen molar-refractivity contribution in [3.8, 4) is 10.7 Å². The lowest BCUT2D eigenvalue weighted by atomic mass is 9.82. The summed E-state index contributed by atoms with van der Waals surface area (Å²) in [6.07, 6.45) is 4.60. The molecule has 1 amide bonds. The molecule has 2 aliphatic rings. The molecule has 2 heterocycles. The molecule has 7 nitrogen and oxygen atoms in total. The van der Waals surface area contributed by atoms with Gasteiger partial charge in [-0.15, -0.1) is 11.3 Å². The van der Waals surface area contributed by atoms with Crippen molar-refractivity contribution < 1.29 is 19.2 Å². The predicted octanol–water partition coefficient (Wildman–Crippen LogP) is 1.94. The Labute approximate surface area is 141 Å². The van der Waals surface area contributed by atoms with E-state index in [-0.39, 0.29) is 24.3 Å². The molecule has 0 aliphatic heterocycles. The highest BCUT2D eigenvalue weighted by molar-refractivity contribution is 7.13. The lowest BCUT2D eigenvalue weighted by molar-refractivity contribution is -0.147. The van der Waals surface area contributed by atoms with E-state index in [9.17, 15) is 14.7 Å². The Kier molecular flexibility index (Phi) is 3.68. The Morgan fingerprint density at radius 1 is 1.33 bits per heavy atom. The average Bonchev–Trinajstić information content (AvgIpc) is 3.35. The van der Waals surface area contributed by atoms with Crippen LogP contribution in [0.15, 0.2) is 34.2 Å². The molecule has 4 unspecified atom stereocenters. The Balaban J connectivity index is 1.42. The average molecular weight is 345 g/mol. The van der Waals surface area contributed by atoms with E-state index >= 15 is 0 Å². The van der Waals surface area contributed by atoms with Gasteiger partial charge in [-0.1, -0.05) is 23.4 Å². The largest absolute Gasteiger partial charge is 0.481 e. The number of carbonyl (C=O) groups excluding carboxylic acids is 1. The fraction of sp³-hybridized carbons (Fsp3) is 0.375. The molecule has 2 bridgehead atoms. The van der Waals surface area contributed by atoms with Crippen molar-refractivity contribution in [2.24, 2.45) is 23.7 Å². The number of aromatic nitrogens is 2. The standard InChI is InChI=1S/C16H15N3O4S/c20-15(12-8-3-4-9(6-8)13(12)16(21)22)17-7-11-18-14(19-23-11)10-2-1-5-24-10/h1-5,8-9,12-13H,6-7H2,(H,17,20)(H,21,22). The van der Waals surface area contributed by atoms with Gasteiger partial charge in [-0.2, -0.15) is 4.98 Å². The van der Waals surface area contributed by atoms with Crippen LogP contribution in [0.25, 0.3) is 10.7 Å². The van der Waals surface area contributed by atoms with Crippen molar-refractivity contribution >= 4 is 23.2 Å². The van der Waals surface area contributed by atoms with Crippen LogP contribution < -0.4 is 5.32 Å². The molecule has 2 aromatic heterocycles. The molecule has 1 saturated carbocycles. The zero-order valence-electron chi connectivity index (χ0n) is 12.6. The Morgan fingerprint density at radius 3 is 2.83 bits per heavy atom. The van der Waals surface area contributed by atoms with Crippen molar-refractivity contribution in [1.29, 1.82) is 0 Å². The summed E-state index contributed by atoms with van der Waals surface area (Å²) in [5, 5.41) is 17.9. The molecule has 2 aliphatic carbocycles. The SMILES string of the molecule is O=C(O)C1C2C=CC(C2)C1C(=O)NCc1nc(-c2cccs2)no1. The number of amides is 1. The Hall–Kier alpha value is -2.48. The van der Waals surface area contributed by atoms with Crippen molar-refractivity contribution in [3.05, 3.63) is 35.6 Å². The van der Waals surface area contributed by atoms with E-state index in [4.69, 9.17) is 4.52 Å². The Bertz CT molecular complexity index is 798. The molecule has 2 N–H and O–H groups in total. The first-order valence-corrected chi connectivity index (χ1v) is 8.57. The summed E-state index contributed by atoms with van der Waals surface area (Å²) >= 11 is 1.50. The van der Waals surface area contributed by atoms with Gasteiger partial charge in [-0.05, 0) is 29.7 Å². The second-order valence-corrected chi connectivity index (χ2v) is 6.99. The highest BCUT2D eigenvalue weighted by Crippen LogP contribution is 2.48. The molecule has 124 valence electrons. The van der Waals surface area contributed by atoms with Crippen molar-refractivity contribution in [3.63, 3.8) is 0 Å². The molecule has 0 radical (unpaired) electrons. The number of hydrogen-bond donors (Lipinski definition) is 2. The number of carboxylic acid groups (broad SMARTS) is 1. The van der Waals surface area contributed by atoms with Crippen LogP contribution in [0.2, 0.25) is 0 Å². The first-order valence-electron chi connectivity index (χ1n) is 7.69. The van der Waals surface area contributed by atoms with Gasteiger partial charge in [-0.3, -0.25) is 9.59 Å². The quantitative estimate of drug-likeness (QED) is 0.802. The van der Waals surface area contributed by atoms with Crippen LogP contribution in [0.5, 0.6) is 0 Å². The second-order valence-electron chi connectivity index (χ2n) is 6.04. The molecule has 4 rings (SSSR count). The number of carboxylic acids is 1. The van der Waals surface area contributed by atoms with Crippen LogP contribution in [-0.2, 0) is 16.1 Å². The lowest BCUT2D eigenvalue weighted by Crippen LogP contribution is -2.39. The summed E-state index contributed by atoms with van der Waals surface area (Å²) in [6.45, 7) is 0.0984. The van der Waals surface area contributed by atoms with E-state index in [2.05, 4.69) is 15.5 Å². The second kappa shape index (κ2) is 5.86. The number of allylic oxidation sites excluding steroid dienone is 2. The molecular weight excluding hydrogens is 330 g/mol. The van der Waals surface area contributed by atoms with Gasteiger partial charge in [0.2, 0.25) is 17.6 Å². The number of nitrogens with one attached hydrogen (secondary N) is 1. The number of nitrogens with zero attached hydrogens (tertiary/aromatic N) is 2. The van der Waals surface area contributed by atoms with Crippen LogP contribution in [-0.4, -0.2) is 27.1 Å². The van der Waals surface area contributed by atoms with E-state index in [1.54, 1.807) is 0 Å². The number of hydrogen-bond acceptors (Lipinski definition) is 6. The lowest BCUT2D eigenvalue weighted by Gasteiger charge is -2.23. The summed E-state index contributed by atoms with van der Waals surface area (Å²) in [5.41, 5.74) is 0. The fourth-order valence-electron chi connectivity index (χ4n) is 3.63. The monoisotopic (exact) mass is 345 g/mol. The van der Waals surface area contributed by atoms with Crippen molar-refractivity contribution in [1.82, 2.24) is 15.5 Å². The molecule has 0 spiro atoms. The maximum Gasteiger partial charge on any atom is 0.307 e. The minimum absolute atomic E-state index is 0.000430. The highest BCUT2D eigenvalue weighted by Gasteiger charge is 2.51. The molecule has 4 atom stereocenters. The highest BCUT2D eigenvalue weighted by atomic mass is 32.1. The van der Waals surface area contributed by atoms with E-state index in [0.717, 1.165) is 11.3 Å². The van der Waals surface area contributed by atoms with Gasteiger partial charge in [0.15, 0.2) is 0 Å². The third-order valence-electron chi connectivity index (χ3n) is 4.67. The maximum absolute atomic E-state index is 12.5. The van der Waals surface area contributed by atoms with E-state index < -0.39 is 17.8 Å². The van der Waals surface area contributed by atoms with Crippen LogP contribution >= 0.6 is 11.3 Å². The first kappa shape index (κ1) is 15.1. The van der Waals surface area contributed by atoms with Gasteiger partial charge < -0.3 is 14.9 Å². The summed E-state index contributed by atoms with van der Waals surface area (Å²) < 4.78 is 5.14. The topological polar surface area (TPSA) is 105 Å².